The smallest absolute Gasteiger partial charge is 0.273 e. The maximum Gasteiger partial charge on any atom is 0.273 e. The quantitative estimate of drug-likeness (QED) is 0.851. The van der Waals surface area contributed by atoms with Crippen LogP contribution in [0.2, 0.25) is 0 Å². The van der Waals surface area contributed by atoms with Gasteiger partial charge in [0.1, 0.15) is 11.5 Å². The summed E-state index contributed by atoms with van der Waals surface area (Å²) in [6.45, 7) is 1.80. The highest BCUT2D eigenvalue weighted by molar-refractivity contribution is 6.02. The number of carbonyl (C=O) groups is 1. The molecule has 3 heterocycles. The van der Waals surface area contributed by atoms with E-state index >= 15 is 0 Å². The number of piperidine rings is 1. The normalized spacial score (nSPS) is 18.4. The number of H-pyrrole nitrogens is 1. The number of para-hydroxylation sites is 1. The third-order valence-electron chi connectivity index (χ3n) is 4.72. The maximum atomic E-state index is 12.7. The summed E-state index contributed by atoms with van der Waals surface area (Å²) in [5.41, 5.74) is 3.07. The fraction of sp³-hybridized carbons (Fsp3) is 0.333. The molecule has 1 saturated heterocycles. The van der Waals surface area contributed by atoms with Gasteiger partial charge in [-0.25, -0.2) is 0 Å². The molecule has 5 nitrogen and oxygen atoms in total. The van der Waals surface area contributed by atoms with E-state index in [4.69, 9.17) is 0 Å². The molecule has 2 aliphatic heterocycles. The molecular weight excluding hydrogens is 288 g/mol. The number of allylic oxidation sites excluding steroid dienone is 1. The first-order chi connectivity index (χ1) is 11.3. The van der Waals surface area contributed by atoms with Crippen LogP contribution in [0.5, 0.6) is 0 Å². The van der Waals surface area contributed by atoms with E-state index in [2.05, 4.69) is 21.3 Å². The van der Waals surface area contributed by atoms with Crippen LogP contribution in [0.1, 0.15) is 35.3 Å². The lowest BCUT2D eigenvalue weighted by Gasteiger charge is -2.31. The molecule has 23 heavy (non-hydrogen) atoms. The van der Waals surface area contributed by atoms with E-state index in [1.165, 1.54) is 6.42 Å². The zero-order valence-corrected chi connectivity index (χ0v) is 12.9. The second kappa shape index (κ2) is 5.47. The van der Waals surface area contributed by atoms with Gasteiger partial charge in [-0.2, -0.15) is 5.26 Å². The van der Waals surface area contributed by atoms with Crippen LogP contribution in [0, 0.1) is 11.3 Å². The number of likely N-dealkylation sites (tertiary alicyclic amines) is 1. The Bertz CT molecular complexity index is 850. The number of fused-ring (bicyclic) bond motifs is 3. The molecule has 2 N–H and O–H groups in total. The number of amides is 1. The first kappa shape index (κ1) is 13.9. The van der Waals surface area contributed by atoms with Crippen molar-refractivity contribution in [2.45, 2.75) is 25.7 Å². The molecule has 0 saturated carbocycles. The lowest BCUT2D eigenvalue weighted by Crippen LogP contribution is -2.38. The number of aromatic amines is 1. The molecule has 0 atom stereocenters. The van der Waals surface area contributed by atoms with Gasteiger partial charge in [0.15, 0.2) is 0 Å². The monoisotopic (exact) mass is 306 g/mol. The van der Waals surface area contributed by atoms with Crippen LogP contribution in [-0.2, 0) is 6.42 Å². The summed E-state index contributed by atoms with van der Waals surface area (Å²) in [7, 11) is 0. The van der Waals surface area contributed by atoms with Crippen molar-refractivity contribution in [3.8, 4) is 6.07 Å². The predicted octanol–water partition coefficient (Wildman–Crippen LogP) is 2.67. The summed E-state index contributed by atoms with van der Waals surface area (Å²) < 4.78 is 0. The standard InChI is InChI=1S/C18H18N4O/c19-11-12-10-14-13-6-2-3-7-15(13)20-16(14)18(23)21-17(12)22-8-4-1-5-9-22/h2-3,6-7,20H,1,4-5,8-10H2,(H,21,23). The van der Waals surface area contributed by atoms with Crippen molar-refractivity contribution in [1.29, 1.82) is 5.26 Å². The van der Waals surface area contributed by atoms with Crippen molar-refractivity contribution in [2.75, 3.05) is 13.1 Å². The molecule has 1 aromatic heterocycles. The van der Waals surface area contributed by atoms with Gasteiger partial charge in [0.25, 0.3) is 5.91 Å². The first-order valence-corrected chi connectivity index (χ1v) is 8.07. The van der Waals surface area contributed by atoms with Gasteiger partial charge < -0.3 is 15.2 Å². The van der Waals surface area contributed by atoms with Crippen molar-refractivity contribution >= 4 is 16.8 Å². The first-order valence-electron chi connectivity index (χ1n) is 8.07. The van der Waals surface area contributed by atoms with Crippen molar-refractivity contribution < 1.29 is 4.79 Å². The Hall–Kier alpha value is -2.74. The van der Waals surface area contributed by atoms with Crippen molar-refractivity contribution in [2.24, 2.45) is 0 Å². The van der Waals surface area contributed by atoms with E-state index in [1.54, 1.807) is 0 Å². The molecule has 1 fully saturated rings. The Kier molecular flexibility index (Phi) is 3.30. The number of nitrogens with one attached hydrogen (secondary N) is 2. The van der Waals surface area contributed by atoms with E-state index in [9.17, 15) is 10.1 Å². The molecule has 2 aliphatic rings. The summed E-state index contributed by atoms with van der Waals surface area (Å²) in [5.74, 6) is 0.549. The molecule has 2 aromatic rings. The third kappa shape index (κ3) is 2.27. The molecule has 4 rings (SSSR count). The molecule has 0 bridgehead atoms. The number of hydrogen-bond acceptors (Lipinski definition) is 3. The van der Waals surface area contributed by atoms with Gasteiger partial charge in [-0.1, -0.05) is 18.2 Å². The minimum atomic E-state index is -0.151. The van der Waals surface area contributed by atoms with E-state index in [0.29, 0.717) is 23.5 Å². The number of benzene rings is 1. The van der Waals surface area contributed by atoms with Crippen LogP contribution in [0.3, 0.4) is 0 Å². The van der Waals surface area contributed by atoms with Crippen molar-refractivity contribution in [3.05, 3.63) is 46.9 Å². The minimum Gasteiger partial charge on any atom is -0.357 e. The molecule has 0 spiro atoms. The summed E-state index contributed by atoms with van der Waals surface area (Å²) in [6, 6.07) is 10.2. The van der Waals surface area contributed by atoms with E-state index in [-0.39, 0.29) is 5.91 Å². The Labute approximate surface area is 134 Å². The Morgan fingerprint density at radius 1 is 1.13 bits per heavy atom. The van der Waals surface area contributed by atoms with Crippen molar-refractivity contribution in [1.82, 2.24) is 15.2 Å². The molecule has 0 aliphatic carbocycles. The molecule has 1 aromatic carbocycles. The van der Waals surface area contributed by atoms with Crippen LogP contribution >= 0.6 is 0 Å². The average molecular weight is 306 g/mol. The lowest BCUT2D eigenvalue weighted by atomic mass is 10.0. The summed E-state index contributed by atoms with van der Waals surface area (Å²) >= 11 is 0. The zero-order valence-electron chi connectivity index (χ0n) is 12.9. The molecule has 5 heteroatoms. The van der Waals surface area contributed by atoms with Crippen LogP contribution in [0.15, 0.2) is 35.7 Å². The summed E-state index contributed by atoms with van der Waals surface area (Å²) in [6.07, 6.45) is 3.91. The van der Waals surface area contributed by atoms with Gasteiger partial charge in [0.2, 0.25) is 0 Å². The van der Waals surface area contributed by atoms with E-state index in [1.807, 2.05) is 24.3 Å². The van der Waals surface area contributed by atoms with Gasteiger partial charge in [-0.15, -0.1) is 0 Å². The average Bonchev–Trinajstić information content (AvgIpc) is 2.90. The molecule has 0 radical (unpaired) electrons. The van der Waals surface area contributed by atoms with Crippen LogP contribution in [0.4, 0.5) is 0 Å². The van der Waals surface area contributed by atoms with Gasteiger partial charge in [-0.05, 0) is 30.9 Å². The maximum absolute atomic E-state index is 12.7. The molecule has 1 amide bonds. The topological polar surface area (TPSA) is 71.9 Å². The van der Waals surface area contributed by atoms with E-state index < -0.39 is 0 Å². The number of nitriles is 1. The summed E-state index contributed by atoms with van der Waals surface area (Å²) in [5, 5.41) is 13.6. The highest BCUT2D eigenvalue weighted by atomic mass is 16.2. The highest BCUT2D eigenvalue weighted by Gasteiger charge is 2.28. The Balaban J connectivity index is 1.82. The third-order valence-corrected chi connectivity index (χ3v) is 4.72. The second-order valence-corrected chi connectivity index (χ2v) is 6.14. The number of hydrogen-bond donors (Lipinski definition) is 2. The Morgan fingerprint density at radius 3 is 2.70 bits per heavy atom. The summed E-state index contributed by atoms with van der Waals surface area (Å²) in [4.78, 5) is 18.0. The fourth-order valence-corrected chi connectivity index (χ4v) is 3.56. The second-order valence-electron chi connectivity index (χ2n) is 6.14. The fourth-order valence-electron chi connectivity index (χ4n) is 3.56. The number of carbonyl (C=O) groups excluding carboxylic acids is 1. The van der Waals surface area contributed by atoms with Crippen LogP contribution < -0.4 is 5.32 Å². The molecule has 0 unspecified atom stereocenters. The number of aromatic nitrogens is 1. The SMILES string of the molecule is N#CC1=C(N2CCCCC2)NC(=O)c2[nH]c3ccccc3c2C1. The van der Waals surface area contributed by atoms with Gasteiger partial charge in [-0.3, -0.25) is 4.79 Å². The van der Waals surface area contributed by atoms with Gasteiger partial charge in [0, 0.05) is 30.4 Å². The minimum absolute atomic E-state index is 0.151. The zero-order chi connectivity index (χ0) is 15.8. The van der Waals surface area contributed by atoms with Crippen LogP contribution in [-0.4, -0.2) is 28.9 Å². The number of rotatable bonds is 1. The van der Waals surface area contributed by atoms with Crippen LogP contribution in [0.25, 0.3) is 10.9 Å². The van der Waals surface area contributed by atoms with Crippen molar-refractivity contribution in [3.63, 3.8) is 0 Å². The number of nitrogens with zero attached hydrogens (tertiary/aromatic N) is 2. The van der Waals surface area contributed by atoms with Gasteiger partial charge in [0.05, 0.1) is 11.6 Å². The largest absolute Gasteiger partial charge is 0.357 e. The Morgan fingerprint density at radius 2 is 1.91 bits per heavy atom. The van der Waals surface area contributed by atoms with E-state index in [0.717, 1.165) is 42.4 Å². The highest BCUT2D eigenvalue weighted by Crippen LogP contribution is 2.29. The molecular formula is C18H18N4O. The lowest BCUT2D eigenvalue weighted by molar-refractivity contribution is 0.0944. The van der Waals surface area contributed by atoms with Gasteiger partial charge >= 0.3 is 0 Å². The molecule has 116 valence electrons. The predicted molar refractivity (Wildman–Crippen MR) is 87.5 cm³/mol.